The third-order valence-electron chi connectivity index (χ3n) is 3.25. The molecule has 3 heterocycles. The first kappa shape index (κ1) is 10.3. The summed E-state index contributed by atoms with van der Waals surface area (Å²) in [7, 11) is 0. The molecular formula is C14H15N3. The number of fused-ring (bicyclic) bond motifs is 1. The van der Waals surface area contributed by atoms with Gasteiger partial charge in [0.15, 0.2) is 0 Å². The van der Waals surface area contributed by atoms with Crippen LogP contribution in [0.2, 0.25) is 0 Å². The van der Waals surface area contributed by atoms with Gasteiger partial charge >= 0.3 is 0 Å². The van der Waals surface area contributed by atoms with Crippen LogP contribution in [0.4, 0.5) is 11.4 Å². The fourth-order valence-electron chi connectivity index (χ4n) is 2.45. The van der Waals surface area contributed by atoms with Crippen LogP contribution >= 0.6 is 0 Å². The molecule has 3 heteroatoms. The number of hydrogen-bond acceptors (Lipinski definition) is 3. The number of anilines is 2. The van der Waals surface area contributed by atoms with Crippen LogP contribution in [0.5, 0.6) is 0 Å². The van der Waals surface area contributed by atoms with Crippen molar-refractivity contribution < 1.29 is 0 Å². The van der Waals surface area contributed by atoms with Crippen LogP contribution in [0.1, 0.15) is 19.5 Å². The van der Waals surface area contributed by atoms with Crippen molar-refractivity contribution in [2.24, 2.45) is 0 Å². The standard InChI is InChI=1S/C14H15N3/c1-14(2)10-17(11-5-8-15-9-6-11)12-4-3-7-16-13(12)14/h3-9H,10H2,1-2H3. The first-order valence-electron chi connectivity index (χ1n) is 5.81. The van der Waals surface area contributed by atoms with Gasteiger partial charge in [0.2, 0.25) is 0 Å². The maximum Gasteiger partial charge on any atom is 0.0714 e. The van der Waals surface area contributed by atoms with Gasteiger partial charge < -0.3 is 4.90 Å². The topological polar surface area (TPSA) is 29.0 Å². The Hall–Kier alpha value is -1.90. The molecule has 0 saturated heterocycles. The molecule has 0 fully saturated rings. The largest absolute Gasteiger partial charge is 0.339 e. The Bertz CT molecular complexity index is 534. The highest BCUT2D eigenvalue weighted by Crippen LogP contribution is 2.42. The van der Waals surface area contributed by atoms with Crippen LogP contribution in [0, 0.1) is 0 Å². The summed E-state index contributed by atoms with van der Waals surface area (Å²) in [6.07, 6.45) is 5.53. The van der Waals surface area contributed by atoms with Crippen molar-refractivity contribution >= 4 is 11.4 Å². The average Bonchev–Trinajstić information content (AvgIpc) is 2.64. The monoisotopic (exact) mass is 225 g/mol. The number of aromatic nitrogens is 2. The molecule has 2 aromatic rings. The van der Waals surface area contributed by atoms with Crippen LogP contribution in [0.25, 0.3) is 0 Å². The number of pyridine rings is 2. The summed E-state index contributed by atoms with van der Waals surface area (Å²) >= 11 is 0. The smallest absolute Gasteiger partial charge is 0.0714 e. The lowest BCUT2D eigenvalue weighted by Crippen LogP contribution is -2.25. The molecule has 0 bridgehead atoms. The van der Waals surface area contributed by atoms with Crippen molar-refractivity contribution in [3.63, 3.8) is 0 Å². The van der Waals surface area contributed by atoms with Gasteiger partial charge in [-0.25, -0.2) is 0 Å². The average molecular weight is 225 g/mol. The Labute approximate surface area is 101 Å². The van der Waals surface area contributed by atoms with E-state index in [9.17, 15) is 0 Å². The molecule has 0 amide bonds. The van der Waals surface area contributed by atoms with Crippen molar-refractivity contribution in [3.05, 3.63) is 48.5 Å². The minimum Gasteiger partial charge on any atom is -0.339 e. The van der Waals surface area contributed by atoms with Crippen molar-refractivity contribution in [1.82, 2.24) is 9.97 Å². The molecule has 0 aromatic carbocycles. The fraction of sp³-hybridized carbons (Fsp3) is 0.286. The normalized spacial score (nSPS) is 16.9. The van der Waals surface area contributed by atoms with Crippen molar-refractivity contribution in [3.8, 4) is 0 Å². The van der Waals surface area contributed by atoms with E-state index in [1.807, 2.05) is 36.8 Å². The van der Waals surface area contributed by atoms with Crippen LogP contribution in [-0.2, 0) is 5.41 Å². The highest BCUT2D eigenvalue weighted by Gasteiger charge is 2.36. The van der Waals surface area contributed by atoms with Gasteiger partial charge in [0.05, 0.1) is 11.4 Å². The summed E-state index contributed by atoms with van der Waals surface area (Å²) in [5.74, 6) is 0. The van der Waals surface area contributed by atoms with Crippen molar-refractivity contribution in [2.45, 2.75) is 19.3 Å². The summed E-state index contributed by atoms with van der Waals surface area (Å²) < 4.78 is 0. The second-order valence-corrected chi connectivity index (χ2v) is 5.05. The summed E-state index contributed by atoms with van der Waals surface area (Å²) in [5.41, 5.74) is 3.67. The summed E-state index contributed by atoms with van der Waals surface area (Å²) in [6, 6.07) is 8.21. The molecule has 0 radical (unpaired) electrons. The molecule has 1 aliphatic rings. The van der Waals surface area contributed by atoms with Gasteiger partial charge in [-0.15, -0.1) is 0 Å². The maximum atomic E-state index is 4.53. The summed E-state index contributed by atoms with van der Waals surface area (Å²) in [6.45, 7) is 5.43. The van der Waals surface area contributed by atoms with Gasteiger partial charge in [-0.1, -0.05) is 13.8 Å². The van der Waals surface area contributed by atoms with E-state index in [1.54, 1.807) is 0 Å². The molecule has 0 atom stereocenters. The van der Waals surface area contributed by atoms with Gasteiger partial charge in [0.1, 0.15) is 0 Å². The Morgan fingerprint density at radius 1 is 1.12 bits per heavy atom. The lowest BCUT2D eigenvalue weighted by Gasteiger charge is -2.21. The van der Waals surface area contributed by atoms with Gasteiger partial charge in [-0.2, -0.15) is 0 Å². The van der Waals surface area contributed by atoms with Gasteiger partial charge in [0, 0.05) is 36.2 Å². The van der Waals surface area contributed by atoms with E-state index in [2.05, 4.69) is 34.8 Å². The zero-order valence-electron chi connectivity index (χ0n) is 10.1. The minimum atomic E-state index is 0.0971. The van der Waals surface area contributed by atoms with E-state index in [0.29, 0.717) is 0 Å². The SMILES string of the molecule is CC1(C)CN(c2ccncc2)c2cccnc21. The Morgan fingerprint density at radius 3 is 2.65 bits per heavy atom. The van der Waals surface area contributed by atoms with Crippen LogP contribution in [0.3, 0.4) is 0 Å². The first-order valence-corrected chi connectivity index (χ1v) is 5.81. The van der Waals surface area contributed by atoms with Crippen LogP contribution in [-0.4, -0.2) is 16.5 Å². The van der Waals surface area contributed by atoms with Gasteiger partial charge in [0.25, 0.3) is 0 Å². The Morgan fingerprint density at radius 2 is 1.88 bits per heavy atom. The number of rotatable bonds is 1. The molecule has 2 aromatic heterocycles. The van der Waals surface area contributed by atoms with Crippen LogP contribution < -0.4 is 4.90 Å². The molecule has 0 spiro atoms. The lowest BCUT2D eigenvalue weighted by atomic mass is 9.91. The highest BCUT2D eigenvalue weighted by atomic mass is 15.2. The molecule has 1 aliphatic heterocycles. The third-order valence-corrected chi connectivity index (χ3v) is 3.25. The third kappa shape index (κ3) is 1.58. The molecule has 0 aliphatic carbocycles. The van der Waals surface area contributed by atoms with Crippen LogP contribution in [0.15, 0.2) is 42.9 Å². The fourth-order valence-corrected chi connectivity index (χ4v) is 2.45. The molecule has 3 rings (SSSR count). The lowest BCUT2D eigenvalue weighted by molar-refractivity contribution is 0.554. The quantitative estimate of drug-likeness (QED) is 0.747. The molecule has 17 heavy (non-hydrogen) atoms. The highest BCUT2D eigenvalue weighted by molar-refractivity contribution is 5.70. The molecule has 86 valence electrons. The second-order valence-electron chi connectivity index (χ2n) is 5.05. The molecular weight excluding hydrogens is 210 g/mol. The zero-order chi connectivity index (χ0) is 11.9. The Kier molecular flexibility index (Phi) is 2.15. The van der Waals surface area contributed by atoms with Crippen molar-refractivity contribution in [1.29, 1.82) is 0 Å². The number of hydrogen-bond donors (Lipinski definition) is 0. The van der Waals surface area contributed by atoms with E-state index < -0.39 is 0 Å². The van der Waals surface area contributed by atoms with Gasteiger partial charge in [-0.3, -0.25) is 9.97 Å². The molecule has 0 unspecified atom stereocenters. The van der Waals surface area contributed by atoms with E-state index in [0.717, 1.165) is 6.54 Å². The van der Waals surface area contributed by atoms with E-state index in [4.69, 9.17) is 0 Å². The molecule has 0 saturated carbocycles. The predicted molar refractivity (Wildman–Crippen MR) is 68.5 cm³/mol. The second kappa shape index (κ2) is 3.55. The number of nitrogens with zero attached hydrogens (tertiary/aromatic N) is 3. The zero-order valence-corrected chi connectivity index (χ0v) is 10.1. The van der Waals surface area contributed by atoms with E-state index in [-0.39, 0.29) is 5.41 Å². The maximum absolute atomic E-state index is 4.53. The molecule has 3 nitrogen and oxygen atoms in total. The summed E-state index contributed by atoms with van der Waals surface area (Å²) in [5, 5.41) is 0. The first-order chi connectivity index (χ1) is 8.18. The minimum absolute atomic E-state index is 0.0971. The van der Waals surface area contributed by atoms with E-state index >= 15 is 0 Å². The van der Waals surface area contributed by atoms with E-state index in [1.165, 1.54) is 17.1 Å². The Balaban J connectivity index is 2.12. The van der Waals surface area contributed by atoms with Crippen molar-refractivity contribution in [2.75, 3.05) is 11.4 Å². The molecule has 0 N–H and O–H groups in total. The summed E-state index contributed by atoms with van der Waals surface area (Å²) in [4.78, 5) is 10.9. The van der Waals surface area contributed by atoms with Gasteiger partial charge in [-0.05, 0) is 24.3 Å². The predicted octanol–water partition coefficient (Wildman–Crippen LogP) is 2.91.